The third-order valence-electron chi connectivity index (χ3n) is 4.29. The Morgan fingerprint density at radius 3 is 2.88 bits per heavy atom. The molecular weight excluding hydrogens is 324 g/mol. The minimum absolute atomic E-state index is 0.0611. The summed E-state index contributed by atoms with van der Waals surface area (Å²) in [6, 6.07) is 7.70. The number of nitrogens with zero attached hydrogens (tertiary/aromatic N) is 3. The zero-order chi connectivity index (χ0) is 16.5. The highest BCUT2D eigenvalue weighted by molar-refractivity contribution is 7.17. The monoisotopic (exact) mass is 342 g/mol. The molecule has 1 aliphatic heterocycles. The second-order valence-electron chi connectivity index (χ2n) is 5.94. The van der Waals surface area contributed by atoms with Crippen LogP contribution in [0.5, 0.6) is 0 Å². The van der Waals surface area contributed by atoms with Crippen molar-refractivity contribution in [3.8, 4) is 0 Å². The highest BCUT2D eigenvalue weighted by Crippen LogP contribution is 2.23. The Balaban J connectivity index is 1.52. The zero-order valence-electron chi connectivity index (χ0n) is 13.1. The minimum atomic E-state index is -0.583. The molecule has 1 saturated heterocycles. The van der Waals surface area contributed by atoms with Gasteiger partial charge in [0.2, 0.25) is 0 Å². The van der Waals surface area contributed by atoms with Crippen LogP contribution in [0.3, 0.4) is 0 Å². The topological polar surface area (TPSA) is 72.5 Å². The number of aromatic amines is 1. The summed E-state index contributed by atoms with van der Waals surface area (Å²) in [5.74, 6) is -0.0611. The molecule has 0 aromatic carbocycles. The maximum Gasteiger partial charge on any atom is 0.270 e. The van der Waals surface area contributed by atoms with Crippen LogP contribution in [0, 0.1) is 0 Å². The van der Waals surface area contributed by atoms with E-state index in [4.69, 9.17) is 0 Å². The van der Waals surface area contributed by atoms with Gasteiger partial charge in [-0.05, 0) is 29.6 Å². The Morgan fingerprint density at radius 2 is 2.08 bits per heavy atom. The molecule has 1 aliphatic rings. The van der Waals surface area contributed by atoms with Crippen LogP contribution in [0.2, 0.25) is 0 Å². The van der Waals surface area contributed by atoms with E-state index in [1.54, 1.807) is 28.6 Å². The van der Waals surface area contributed by atoms with Gasteiger partial charge in [-0.2, -0.15) is 0 Å². The van der Waals surface area contributed by atoms with Gasteiger partial charge in [-0.25, -0.2) is 0 Å². The van der Waals surface area contributed by atoms with Crippen LogP contribution in [0.25, 0.3) is 10.2 Å². The third kappa shape index (κ3) is 2.88. The molecule has 7 heteroatoms. The van der Waals surface area contributed by atoms with Gasteiger partial charge < -0.3 is 19.9 Å². The summed E-state index contributed by atoms with van der Waals surface area (Å²) < 4.78 is 1.08. The number of hydrogen-bond acceptors (Lipinski definition) is 5. The van der Waals surface area contributed by atoms with Crippen LogP contribution in [0.15, 0.2) is 42.0 Å². The lowest BCUT2D eigenvalue weighted by Crippen LogP contribution is -2.37. The molecule has 2 N–H and O–H groups in total. The molecule has 1 fully saturated rings. The quantitative estimate of drug-likeness (QED) is 0.747. The fourth-order valence-electron chi connectivity index (χ4n) is 3.10. The van der Waals surface area contributed by atoms with E-state index in [1.165, 1.54) is 0 Å². The molecule has 1 amide bonds. The van der Waals surface area contributed by atoms with Crippen LogP contribution in [-0.4, -0.2) is 58.2 Å². The van der Waals surface area contributed by atoms with Gasteiger partial charge in [0.15, 0.2) is 0 Å². The number of hydrogen-bond donors (Lipinski definition) is 2. The van der Waals surface area contributed by atoms with Crippen LogP contribution >= 0.6 is 11.3 Å². The highest BCUT2D eigenvalue weighted by atomic mass is 32.1. The van der Waals surface area contributed by atoms with Gasteiger partial charge in [0, 0.05) is 44.3 Å². The highest BCUT2D eigenvalue weighted by Gasteiger charge is 2.26. The first kappa shape index (κ1) is 15.2. The number of thiophene rings is 1. The summed E-state index contributed by atoms with van der Waals surface area (Å²) >= 11 is 1.61. The van der Waals surface area contributed by atoms with Crippen molar-refractivity contribution in [2.45, 2.75) is 6.10 Å². The second-order valence-corrected chi connectivity index (χ2v) is 6.89. The first-order valence-electron chi connectivity index (χ1n) is 7.89. The third-order valence-corrected chi connectivity index (χ3v) is 5.15. The number of aromatic nitrogens is 2. The summed E-state index contributed by atoms with van der Waals surface area (Å²) in [6.45, 7) is 2.10. The summed E-state index contributed by atoms with van der Waals surface area (Å²) in [5.41, 5.74) is 2.58. The molecule has 6 nitrogen and oxygen atoms in total. The molecule has 0 unspecified atom stereocenters. The van der Waals surface area contributed by atoms with Gasteiger partial charge in [-0.3, -0.25) is 9.78 Å². The van der Waals surface area contributed by atoms with E-state index >= 15 is 0 Å². The van der Waals surface area contributed by atoms with Crippen molar-refractivity contribution >= 4 is 33.1 Å². The first-order chi connectivity index (χ1) is 11.7. The molecule has 0 bridgehead atoms. The van der Waals surface area contributed by atoms with Gasteiger partial charge in [0.1, 0.15) is 5.69 Å². The standard InChI is InChI=1S/C17H18N4O2S/c22-13-10-20(12-1-4-18-5-2-12)6-7-21(11-13)17(23)15-9-16-14(19-15)3-8-24-16/h1-5,8-9,13,19,22H,6-7,10-11H2/t13-/m0/s1. The first-order valence-corrected chi connectivity index (χ1v) is 8.77. The van der Waals surface area contributed by atoms with Crippen molar-refractivity contribution in [1.82, 2.24) is 14.9 Å². The van der Waals surface area contributed by atoms with Gasteiger partial charge >= 0.3 is 0 Å². The lowest BCUT2D eigenvalue weighted by Gasteiger charge is -2.23. The number of carbonyl (C=O) groups excluding carboxylic acids is 1. The lowest BCUT2D eigenvalue weighted by molar-refractivity contribution is 0.0669. The van der Waals surface area contributed by atoms with Gasteiger partial charge in [-0.15, -0.1) is 11.3 Å². The Kier molecular flexibility index (Phi) is 3.95. The zero-order valence-corrected chi connectivity index (χ0v) is 13.9. The minimum Gasteiger partial charge on any atom is -0.389 e. The van der Waals surface area contributed by atoms with Gasteiger partial charge in [-0.1, -0.05) is 0 Å². The number of aliphatic hydroxyl groups excluding tert-OH is 1. The van der Waals surface area contributed by atoms with E-state index in [-0.39, 0.29) is 5.91 Å². The second kappa shape index (κ2) is 6.26. The predicted molar refractivity (Wildman–Crippen MR) is 94.5 cm³/mol. The van der Waals surface area contributed by atoms with Crippen molar-refractivity contribution in [2.75, 3.05) is 31.1 Å². The van der Waals surface area contributed by atoms with E-state index in [9.17, 15) is 9.90 Å². The molecule has 1 atom stereocenters. The van der Waals surface area contributed by atoms with Crippen LogP contribution in [0.1, 0.15) is 10.5 Å². The molecule has 0 aliphatic carbocycles. The predicted octanol–water partition coefficient (Wildman–Crippen LogP) is 1.95. The van der Waals surface area contributed by atoms with E-state index in [2.05, 4.69) is 14.9 Å². The normalized spacial score (nSPS) is 18.8. The number of β-amino-alcohol motifs (C(OH)–C–C–N with tert-alkyl or cyclic N) is 1. The number of pyridine rings is 1. The van der Waals surface area contributed by atoms with Crippen LogP contribution < -0.4 is 4.90 Å². The number of nitrogens with one attached hydrogen (secondary N) is 1. The number of carbonyl (C=O) groups is 1. The fraction of sp³-hybridized carbons (Fsp3) is 0.294. The Hall–Kier alpha value is -2.38. The van der Waals surface area contributed by atoms with Gasteiger partial charge in [0.05, 0.1) is 16.3 Å². The maximum atomic E-state index is 12.8. The van der Waals surface area contributed by atoms with Crippen molar-refractivity contribution in [1.29, 1.82) is 0 Å². The van der Waals surface area contributed by atoms with E-state index in [1.807, 2.05) is 29.6 Å². The molecular formula is C17H18N4O2S. The van der Waals surface area contributed by atoms with Crippen LogP contribution in [-0.2, 0) is 0 Å². The smallest absolute Gasteiger partial charge is 0.270 e. The van der Waals surface area contributed by atoms with Crippen molar-refractivity contribution in [3.63, 3.8) is 0 Å². The summed E-state index contributed by atoms with van der Waals surface area (Å²) in [5, 5.41) is 12.3. The molecule has 124 valence electrons. The summed E-state index contributed by atoms with van der Waals surface area (Å²) in [6.07, 6.45) is 2.89. The Bertz CT molecular complexity index is 816. The molecule has 3 aromatic heterocycles. The lowest BCUT2D eigenvalue weighted by atomic mass is 10.3. The van der Waals surface area contributed by atoms with Crippen molar-refractivity contribution in [3.05, 3.63) is 47.7 Å². The van der Waals surface area contributed by atoms with Gasteiger partial charge in [0.25, 0.3) is 5.91 Å². The summed E-state index contributed by atoms with van der Waals surface area (Å²) in [7, 11) is 0. The molecule has 4 rings (SSSR count). The summed E-state index contributed by atoms with van der Waals surface area (Å²) in [4.78, 5) is 23.8. The maximum absolute atomic E-state index is 12.8. The van der Waals surface area contributed by atoms with Crippen LogP contribution in [0.4, 0.5) is 5.69 Å². The Labute approximate surface area is 143 Å². The fourth-order valence-corrected chi connectivity index (χ4v) is 3.88. The van der Waals surface area contributed by atoms with E-state index in [0.29, 0.717) is 31.9 Å². The van der Waals surface area contributed by atoms with E-state index < -0.39 is 6.10 Å². The largest absolute Gasteiger partial charge is 0.389 e. The number of aliphatic hydroxyl groups is 1. The molecule has 0 spiro atoms. The number of rotatable bonds is 2. The number of H-pyrrole nitrogens is 1. The average Bonchev–Trinajstić information content (AvgIpc) is 3.13. The SMILES string of the molecule is O=C(c1cc2sccc2[nH]1)N1CCN(c2ccncc2)C[C@H](O)C1. The number of amides is 1. The average molecular weight is 342 g/mol. The molecule has 3 aromatic rings. The Morgan fingerprint density at radius 1 is 1.25 bits per heavy atom. The van der Waals surface area contributed by atoms with Crippen molar-refractivity contribution < 1.29 is 9.90 Å². The van der Waals surface area contributed by atoms with E-state index in [0.717, 1.165) is 15.9 Å². The number of anilines is 1. The molecule has 24 heavy (non-hydrogen) atoms. The molecule has 0 saturated carbocycles. The number of fused-ring (bicyclic) bond motifs is 1. The molecule has 0 radical (unpaired) electrons. The molecule has 4 heterocycles. The van der Waals surface area contributed by atoms with Crippen molar-refractivity contribution in [2.24, 2.45) is 0 Å².